The summed E-state index contributed by atoms with van der Waals surface area (Å²) in [6.45, 7) is 3.65. The number of hydrogen-bond acceptors (Lipinski definition) is 4. The summed E-state index contributed by atoms with van der Waals surface area (Å²) < 4.78 is 0. The van der Waals surface area contributed by atoms with Gasteiger partial charge in [0, 0.05) is 17.3 Å². The first kappa shape index (κ1) is 17.5. The molecule has 1 rings (SSSR count). The van der Waals surface area contributed by atoms with Gasteiger partial charge in [-0.1, -0.05) is 19.9 Å². The van der Waals surface area contributed by atoms with Crippen molar-refractivity contribution >= 4 is 35.0 Å². The summed E-state index contributed by atoms with van der Waals surface area (Å²) in [5.41, 5.74) is 7.10. The molecule has 0 aliphatic carbocycles. The third-order valence-electron chi connectivity index (χ3n) is 2.89. The van der Waals surface area contributed by atoms with Crippen LogP contribution in [0.3, 0.4) is 0 Å². The Morgan fingerprint density at radius 2 is 1.76 bits per heavy atom. The number of anilines is 2. The Balaban J connectivity index is 2.64. The number of carbonyl (C=O) groups is 2. The van der Waals surface area contributed by atoms with Gasteiger partial charge in [-0.15, -0.1) is 0 Å². The van der Waals surface area contributed by atoms with Crippen molar-refractivity contribution in [1.82, 2.24) is 0 Å². The summed E-state index contributed by atoms with van der Waals surface area (Å²) >= 11 is 1.66. The van der Waals surface area contributed by atoms with E-state index >= 15 is 0 Å². The highest BCUT2D eigenvalue weighted by molar-refractivity contribution is 7.98. The molecule has 116 valence electrons. The fourth-order valence-electron chi connectivity index (χ4n) is 1.57. The number of hydrogen-bond donors (Lipinski definition) is 3. The number of nitrogens with two attached hydrogens (primary N) is 1. The molecule has 0 unspecified atom stereocenters. The van der Waals surface area contributed by atoms with Crippen molar-refractivity contribution in [3.05, 3.63) is 24.3 Å². The third-order valence-corrected chi connectivity index (χ3v) is 3.54. The van der Waals surface area contributed by atoms with Crippen LogP contribution < -0.4 is 16.4 Å². The maximum Gasteiger partial charge on any atom is 0.241 e. The normalized spacial score (nSPS) is 12.0. The van der Waals surface area contributed by atoms with Crippen molar-refractivity contribution in [1.29, 1.82) is 0 Å². The molecule has 0 fully saturated rings. The Morgan fingerprint density at radius 1 is 1.19 bits per heavy atom. The van der Waals surface area contributed by atoms with Crippen LogP contribution in [-0.4, -0.2) is 29.9 Å². The maximum atomic E-state index is 11.9. The van der Waals surface area contributed by atoms with Gasteiger partial charge in [-0.3, -0.25) is 9.59 Å². The van der Waals surface area contributed by atoms with E-state index in [2.05, 4.69) is 10.6 Å². The maximum absolute atomic E-state index is 11.9. The molecular weight excluding hydrogens is 286 g/mol. The molecule has 0 bridgehead atoms. The summed E-state index contributed by atoms with van der Waals surface area (Å²) in [6.07, 6.45) is 2.61. The average molecular weight is 309 g/mol. The first-order chi connectivity index (χ1) is 9.93. The van der Waals surface area contributed by atoms with Crippen molar-refractivity contribution in [3.63, 3.8) is 0 Å². The van der Waals surface area contributed by atoms with Crippen LogP contribution in [0, 0.1) is 5.92 Å². The topological polar surface area (TPSA) is 84.2 Å². The quantitative estimate of drug-likeness (QED) is 0.721. The molecule has 0 spiro atoms. The van der Waals surface area contributed by atoms with Gasteiger partial charge in [0.2, 0.25) is 11.8 Å². The van der Waals surface area contributed by atoms with E-state index in [0.29, 0.717) is 17.8 Å². The van der Waals surface area contributed by atoms with Gasteiger partial charge in [0.25, 0.3) is 0 Å². The monoisotopic (exact) mass is 309 g/mol. The van der Waals surface area contributed by atoms with Crippen molar-refractivity contribution < 1.29 is 9.59 Å². The average Bonchev–Trinajstić information content (AvgIpc) is 2.44. The molecule has 0 aliphatic rings. The summed E-state index contributed by atoms with van der Waals surface area (Å²) in [6, 6.07) is 6.53. The largest absolute Gasteiger partial charge is 0.326 e. The van der Waals surface area contributed by atoms with Crippen LogP contribution in [0.1, 0.15) is 20.3 Å². The second kappa shape index (κ2) is 8.69. The number of thioether (sulfide) groups is 1. The lowest BCUT2D eigenvalue weighted by molar-refractivity contribution is -0.119. The second-order valence-corrected chi connectivity index (χ2v) is 6.09. The van der Waals surface area contributed by atoms with E-state index in [4.69, 9.17) is 5.73 Å². The van der Waals surface area contributed by atoms with Gasteiger partial charge in [0.1, 0.15) is 0 Å². The third kappa shape index (κ3) is 6.18. The Labute approximate surface area is 130 Å². The predicted molar refractivity (Wildman–Crippen MR) is 89.5 cm³/mol. The molecule has 1 aromatic rings. The van der Waals surface area contributed by atoms with Gasteiger partial charge >= 0.3 is 0 Å². The van der Waals surface area contributed by atoms with E-state index in [-0.39, 0.29) is 17.7 Å². The molecule has 1 aromatic carbocycles. The number of rotatable bonds is 7. The van der Waals surface area contributed by atoms with Crippen LogP contribution in [0.4, 0.5) is 11.4 Å². The molecule has 0 radical (unpaired) electrons. The zero-order chi connectivity index (χ0) is 15.8. The zero-order valence-electron chi connectivity index (χ0n) is 12.7. The summed E-state index contributed by atoms with van der Waals surface area (Å²) in [4.78, 5) is 23.6. The van der Waals surface area contributed by atoms with Crippen LogP contribution in [0.15, 0.2) is 24.3 Å². The number of carbonyl (C=O) groups excluding carboxylic acids is 2. The number of amides is 2. The molecule has 1 atom stereocenters. The summed E-state index contributed by atoms with van der Waals surface area (Å²) in [5, 5.41) is 5.56. The first-order valence-electron chi connectivity index (χ1n) is 6.90. The van der Waals surface area contributed by atoms with Crippen LogP contribution in [-0.2, 0) is 9.59 Å². The summed E-state index contributed by atoms with van der Waals surface area (Å²) in [5.74, 6) is 0.480. The highest BCUT2D eigenvalue weighted by atomic mass is 32.2. The minimum Gasteiger partial charge on any atom is -0.326 e. The van der Waals surface area contributed by atoms with E-state index in [0.717, 1.165) is 5.75 Å². The Kier molecular flexibility index (Phi) is 7.25. The minimum absolute atomic E-state index is 0.0600. The Morgan fingerprint density at radius 3 is 2.29 bits per heavy atom. The summed E-state index contributed by atoms with van der Waals surface area (Å²) in [7, 11) is 0. The molecule has 5 nitrogen and oxygen atoms in total. The fraction of sp³-hybridized carbons (Fsp3) is 0.467. The van der Waals surface area contributed by atoms with E-state index in [9.17, 15) is 9.59 Å². The van der Waals surface area contributed by atoms with E-state index < -0.39 is 6.04 Å². The number of nitrogens with one attached hydrogen (secondary N) is 2. The molecular formula is C15H23N3O2S. The van der Waals surface area contributed by atoms with Crippen LogP contribution in [0.2, 0.25) is 0 Å². The van der Waals surface area contributed by atoms with Gasteiger partial charge in [-0.05, 0) is 36.6 Å². The number of benzene rings is 1. The van der Waals surface area contributed by atoms with Gasteiger partial charge in [0.05, 0.1) is 6.04 Å². The smallest absolute Gasteiger partial charge is 0.241 e. The lowest BCUT2D eigenvalue weighted by atomic mass is 10.2. The van der Waals surface area contributed by atoms with Crippen LogP contribution in [0.25, 0.3) is 0 Å². The SMILES string of the molecule is CSCC[C@@H](N)C(=O)Nc1cccc(NC(=O)C(C)C)c1. The standard InChI is InChI=1S/C15H23N3O2S/c1-10(2)14(19)17-11-5-4-6-12(9-11)18-15(20)13(16)7-8-21-3/h4-6,9-10,13H,7-8,16H2,1-3H3,(H,17,19)(H,18,20)/t13-/m1/s1. The van der Waals surface area contributed by atoms with E-state index in [1.54, 1.807) is 36.0 Å². The van der Waals surface area contributed by atoms with Crippen molar-refractivity contribution in [2.24, 2.45) is 11.7 Å². The molecule has 4 N–H and O–H groups in total. The van der Waals surface area contributed by atoms with Gasteiger partial charge in [-0.25, -0.2) is 0 Å². The fourth-order valence-corrected chi connectivity index (χ4v) is 2.06. The lowest BCUT2D eigenvalue weighted by Crippen LogP contribution is -2.36. The van der Waals surface area contributed by atoms with E-state index in [1.807, 2.05) is 20.1 Å². The molecule has 21 heavy (non-hydrogen) atoms. The highest BCUT2D eigenvalue weighted by Gasteiger charge is 2.13. The molecule has 2 amide bonds. The van der Waals surface area contributed by atoms with E-state index in [1.165, 1.54) is 0 Å². The van der Waals surface area contributed by atoms with Gasteiger partial charge < -0.3 is 16.4 Å². The highest BCUT2D eigenvalue weighted by Crippen LogP contribution is 2.16. The van der Waals surface area contributed by atoms with Crippen molar-refractivity contribution in [3.8, 4) is 0 Å². The zero-order valence-corrected chi connectivity index (χ0v) is 13.5. The lowest BCUT2D eigenvalue weighted by Gasteiger charge is -2.13. The molecule has 0 aromatic heterocycles. The second-order valence-electron chi connectivity index (χ2n) is 5.10. The first-order valence-corrected chi connectivity index (χ1v) is 8.29. The van der Waals surface area contributed by atoms with Crippen LogP contribution >= 0.6 is 11.8 Å². The minimum atomic E-state index is -0.522. The Hall–Kier alpha value is -1.53. The molecule has 6 heteroatoms. The Bertz CT molecular complexity index is 492. The predicted octanol–water partition coefficient (Wildman–Crippen LogP) is 2.30. The molecule has 0 saturated carbocycles. The van der Waals surface area contributed by atoms with Gasteiger partial charge in [-0.2, -0.15) is 11.8 Å². The molecule has 0 aliphatic heterocycles. The van der Waals surface area contributed by atoms with Crippen molar-refractivity contribution in [2.75, 3.05) is 22.6 Å². The molecule has 0 heterocycles. The van der Waals surface area contributed by atoms with Crippen molar-refractivity contribution in [2.45, 2.75) is 26.3 Å². The van der Waals surface area contributed by atoms with Gasteiger partial charge in [0.15, 0.2) is 0 Å². The van der Waals surface area contributed by atoms with Crippen LogP contribution in [0.5, 0.6) is 0 Å². The molecule has 0 saturated heterocycles.